The zero-order valence-electron chi connectivity index (χ0n) is 47.8. The highest BCUT2D eigenvalue weighted by molar-refractivity contribution is 6.23. The topological polar surface area (TPSA) is 59.0 Å². The number of benzene rings is 11. The van der Waals surface area contributed by atoms with Crippen LogP contribution in [0.4, 0.5) is 34.1 Å². The molecule has 0 unspecified atom stereocenters. The van der Waals surface area contributed by atoms with Crippen molar-refractivity contribution >= 4 is 143 Å². The first-order valence-corrected chi connectivity index (χ1v) is 28.3. The number of nitrogens with zero attached hydrogens (tertiary/aromatic N) is 2. The molecule has 396 valence electrons. The summed E-state index contributed by atoms with van der Waals surface area (Å²) < 4.78 is 28.1. The van der Waals surface area contributed by atoms with Crippen molar-refractivity contribution in [3.63, 3.8) is 0 Å². The van der Waals surface area contributed by atoms with Crippen LogP contribution in [0.15, 0.2) is 194 Å². The molecular formula is C75H62N2O4. The smallest absolute Gasteiger partial charge is 0.178 e. The van der Waals surface area contributed by atoms with Crippen LogP contribution in [0, 0.1) is 34.6 Å². The van der Waals surface area contributed by atoms with Gasteiger partial charge in [-0.1, -0.05) is 151 Å². The van der Waals surface area contributed by atoms with E-state index in [2.05, 4.69) is 262 Å². The Kier molecular flexibility index (Phi) is 10.5. The van der Waals surface area contributed by atoms with Crippen LogP contribution in [0.5, 0.6) is 0 Å². The SMILES string of the molecule is Cc1cccc(C)c1N(c1ccc2cc3c(cc2c1)oc1c3cc(C)c2c3cc4ccc(N(c5c(C)cccc5C)c5cccc6c5oc5c(C(C)(C)C)cccc56)cc4cc3oc12)c1cccc2c1oc1c(C(C)(C)C)cccc12. The second-order valence-electron chi connectivity index (χ2n) is 24.8. The first-order valence-electron chi connectivity index (χ1n) is 28.3. The first-order chi connectivity index (χ1) is 39.0. The third kappa shape index (κ3) is 7.39. The highest BCUT2D eigenvalue weighted by Crippen LogP contribution is 2.50. The molecule has 0 aliphatic rings. The summed E-state index contributed by atoms with van der Waals surface area (Å²) in [4.78, 5) is 4.77. The highest BCUT2D eigenvalue weighted by atomic mass is 16.4. The third-order valence-electron chi connectivity index (χ3n) is 17.2. The molecule has 0 amide bonds. The fourth-order valence-corrected chi connectivity index (χ4v) is 13.3. The standard InChI is InChI=1S/C75H62N2O4/c1-41-18-12-19-42(2)66(41)76(61-28-16-24-54-52-22-14-26-59(74(6,7)8)68(52)80-70(54)61)50-32-30-46-37-56-57-34-45(5)65-58-38-47-31-33-51(36-49(47)40-64(58)79-73(65)72(57)78-63(56)39-48(46)35-50)77(67-43(3)20-13-21-44(67)4)62-29-17-25-55-53-23-15-27-60(75(9,10)11)69(53)81-71(55)62/h12-40H,1-11H3. The summed E-state index contributed by atoms with van der Waals surface area (Å²) in [5.74, 6) is 0. The van der Waals surface area contributed by atoms with E-state index < -0.39 is 0 Å². The van der Waals surface area contributed by atoms with Gasteiger partial charge in [0.2, 0.25) is 0 Å². The number of para-hydroxylation sites is 6. The molecule has 81 heavy (non-hydrogen) atoms. The number of hydrogen-bond acceptors (Lipinski definition) is 6. The highest BCUT2D eigenvalue weighted by Gasteiger charge is 2.29. The molecule has 0 N–H and O–H groups in total. The van der Waals surface area contributed by atoms with E-state index in [1.54, 1.807) is 0 Å². The van der Waals surface area contributed by atoms with Gasteiger partial charge in [0.05, 0.1) is 22.7 Å². The molecule has 0 aliphatic heterocycles. The normalized spacial score (nSPS) is 12.6. The minimum absolute atomic E-state index is 0.0915. The lowest BCUT2D eigenvalue weighted by atomic mass is 9.86. The average molecular weight is 1060 g/mol. The summed E-state index contributed by atoms with van der Waals surface area (Å²) in [7, 11) is 0. The lowest BCUT2D eigenvalue weighted by molar-refractivity contribution is 0.572. The molecule has 15 aromatic rings. The van der Waals surface area contributed by atoms with E-state index in [0.29, 0.717) is 0 Å². The zero-order chi connectivity index (χ0) is 55.5. The number of anilines is 6. The molecule has 0 fully saturated rings. The van der Waals surface area contributed by atoms with Gasteiger partial charge in [-0.2, -0.15) is 0 Å². The maximum Gasteiger partial charge on any atom is 0.178 e. The van der Waals surface area contributed by atoms with Crippen LogP contribution in [0.25, 0.3) is 109 Å². The van der Waals surface area contributed by atoms with Crippen LogP contribution in [0.2, 0.25) is 0 Å². The first kappa shape index (κ1) is 48.8. The van der Waals surface area contributed by atoms with Gasteiger partial charge < -0.3 is 27.5 Å². The van der Waals surface area contributed by atoms with E-state index in [4.69, 9.17) is 17.7 Å². The number of rotatable bonds is 6. The number of furan rings is 4. The van der Waals surface area contributed by atoms with E-state index in [0.717, 1.165) is 149 Å². The predicted molar refractivity (Wildman–Crippen MR) is 341 cm³/mol. The van der Waals surface area contributed by atoms with E-state index in [-0.39, 0.29) is 10.8 Å². The molecule has 0 saturated carbocycles. The fourth-order valence-electron chi connectivity index (χ4n) is 13.3. The van der Waals surface area contributed by atoms with Gasteiger partial charge in [-0.15, -0.1) is 0 Å². The fraction of sp³-hybridized carbons (Fsp3) is 0.173. The van der Waals surface area contributed by atoms with Crippen LogP contribution in [0.1, 0.15) is 80.5 Å². The minimum atomic E-state index is -0.0917. The van der Waals surface area contributed by atoms with Gasteiger partial charge in [0.25, 0.3) is 0 Å². The Balaban J connectivity index is 0.874. The Morgan fingerprint density at radius 1 is 0.296 bits per heavy atom. The van der Waals surface area contributed by atoms with Crippen molar-refractivity contribution in [3.8, 4) is 0 Å². The minimum Gasteiger partial charge on any atom is -0.454 e. The maximum absolute atomic E-state index is 7.04. The van der Waals surface area contributed by atoms with Crippen LogP contribution < -0.4 is 9.80 Å². The lowest BCUT2D eigenvalue weighted by Crippen LogP contribution is -2.13. The van der Waals surface area contributed by atoms with Gasteiger partial charge in [0.15, 0.2) is 22.3 Å². The second-order valence-corrected chi connectivity index (χ2v) is 24.8. The molecular weight excluding hydrogens is 993 g/mol. The van der Waals surface area contributed by atoms with Gasteiger partial charge in [0, 0.05) is 65.6 Å². The van der Waals surface area contributed by atoms with E-state index >= 15 is 0 Å². The summed E-state index contributed by atoms with van der Waals surface area (Å²) in [6.45, 7) is 24.5. The molecule has 0 atom stereocenters. The van der Waals surface area contributed by atoms with Crippen LogP contribution in [0.3, 0.4) is 0 Å². The van der Waals surface area contributed by atoms with Gasteiger partial charge >= 0.3 is 0 Å². The van der Waals surface area contributed by atoms with Crippen molar-refractivity contribution in [1.82, 2.24) is 0 Å². The molecule has 0 radical (unpaired) electrons. The maximum atomic E-state index is 7.04. The average Bonchev–Trinajstić information content (AvgIpc) is 4.09. The Labute approximate surface area is 470 Å². The molecule has 0 bridgehead atoms. The number of aryl methyl sites for hydroxylation is 5. The molecule has 0 aliphatic carbocycles. The summed E-state index contributed by atoms with van der Waals surface area (Å²) in [6.07, 6.45) is 0. The Hall–Kier alpha value is -9.26. The summed E-state index contributed by atoms with van der Waals surface area (Å²) in [5, 5.41) is 13.1. The van der Waals surface area contributed by atoms with Gasteiger partial charge in [-0.25, -0.2) is 0 Å². The van der Waals surface area contributed by atoms with Crippen molar-refractivity contribution in [3.05, 3.63) is 215 Å². The Bertz CT molecular complexity index is 5120. The lowest BCUT2D eigenvalue weighted by Gasteiger charge is -2.29. The summed E-state index contributed by atoms with van der Waals surface area (Å²) in [5.41, 5.74) is 21.1. The Morgan fingerprint density at radius 3 is 1.17 bits per heavy atom. The quantitative estimate of drug-likeness (QED) is 0.165. The molecule has 6 nitrogen and oxygen atoms in total. The molecule has 0 spiro atoms. The molecule has 4 heterocycles. The largest absolute Gasteiger partial charge is 0.454 e. The van der Waals surface area contributed by atoms with Crippen molar-refractivity contribution in [2.75, 3.05) is 9.80 Å². The number of hydrogen-bond donors (Lipinski definition) is 0. The van der Waals surface area contributed by atoms with Crippen molar-refractivity contribution < 1.29 is 17.7 Å². The van der Waals surface area contributed by atoms with Crippen LogP contribution >= 0.6 is 0 Å². The molecule has 6 heteroatoms. The van der Waals surface area contributed by atoms with Gasteiger partial charge in [-0.3, -0.25) is 0 Å². The monoisotopic (exact) mass is 1050 g/mol. The zero-order valence-corrected chi connectivity index (χ0v) is 47.8. The van der Waals surface area contributed by atoms with E-state index in [9.17, 15) is 0 Å². The van der Waals surface area contributed by atoms with Crippen LogP contribution in [-0.2, 0) is 10.8 Å². The van der Waals surface area contributed by atoms with Crippen molar-refractivity contribution in [2.45, 2.75) is 87.0 Å². The van der Waals surface area contributed by atoms with Gasteiger partial charge in [0.1, 0.15) is 22.3 Å². The van der Waals surface area contributed by atoms with Gasteiger partial charge in [-0.05, 0) is 162 Å². The van der Waals surface area contributed by atoms with Crippen molar-refractivity contribution in [1.29, 1.82) is 0 Å². The molecule has 11 aromatic carbocycles. The molecule has 4 aromatic heterocycles. The molecule has 0 saturated heterocycles. The summed E-state index contributed by atoms with van der Waals surface area (Å²) >= 11 is 0. The van der Waals surface area contributed by atoms with E-state index in [1.807, 2.05) is 0 Å². The van der Waals surface area contributed by atoms with Crippen LogP contribution in [-0.4, -0.2) is 0 Å². The predicted octanol–water partition coefficient (Wildman–Crippen LogP) is 22.7. The number of fused-ring (bicyclic) bond motifs is 15. The van der Waals surface area contributed by atoms with Crippen molar-refractivity contribution in [2.24, 2.45) is 0 Å². The second kappa shape index (κ2) is 17.4. The summed E-state index contributed by atoms with van der Waals surface area (Å²) in [6, 6.07) is 64.0. The third-order valence-corrected chi connectivity index (χ3v) is 17.2. The van der Waals surface area contributed by atoms with E-state index in [1.165, 1.54) is 33.4 Å². The molecule has 15 rings (SSSR count). The Morgan fingerprint density at radius 2 is 0.704 bits per heavy atom.